The number of rotatable bonds is 3. The summed E-state index contributed by atoms with van der Waals surface area (Å²) in [5.74, 6) is 0. The third kappa shape index (κ3) is 3.74. The van der Waals surface area contributed by atoms with E-state index in [1.54, 1.807) is 4.90 Å². The van der Waals surface area contributed by atoms with Crippen molar-refractivity contribution in [2.45, 2.75) is 31.7 Å². The quantitative estimate of drug-likeness (QED) is 0.444. The Morgan fingerprint density at radius 1 is 1.13 bits per heavy atom. The molecule has 0 aromatic rings. The second-order valence-electron chi connectivity index (χ2n) is 5.53. The molecule has 0 aromatic carbocycles. The summed E-state index contributed by atoms with van der Waals surface area (Å²) in [6.45, 7) is 8.37. The van der Waals surface area contributed by atoms with Gasteiger partial charge < -0.3 is 15.1 Å². The number of piperazine rings is 1. The number of nitrogens with two attached hydrogens (primary N) is 1. The lowest BCUT2D eigenvalue weighted by molar-refractivity contribution is -1.00. The summed E-state index contributed by atoms with van der Waals surface area (Å²) >= 11 is 0. The Balaban J connectivity index is 1.60. The summed E-state index contributed by atoms with van der Waals surface area (Å²) in [6.07, 6.45) is 5.84. The first-order chi connectivity index (χ1) is 7.34. The number of hydrogen-bond donors (Lipinski definition) is 3. The fourth-order valence-electron chi connectivity index (χ4n) is 2.95. The van der Waals surface area contributed by atoms with Crippen LogP contribution in [0.25, 0.3) is 0 Å². The molecule has 0 aromatic heterocycles. The van der Waals surface area contributed by atoms with Gasteiger partial charge in [0, 0.05) is 6.42 Å². The smallest absolute Gasteiger partial charge is 0.127 e. The van der Waals surface area contributed by atoms with Crippen LogP contribution in [0.3, 0.4) is 0 Å². The van der Waals surface area contributed by atoms with Gasteiger partial charge in [-0.15, -0.1) is 0 Å². The van der Waals surface area contributed by atoms with Crippen LogP contribution in [0.15, 0.2) is 0 Å². The normalized spacial score (nSPS) is 37.8. The highest BCUT2D eigenvalue weighted by atomic mass is 15.2. The molecule has 2 aliphatic heterocycles. The zero-order chi connectivity index (χ0) is 10.5. The maximum atomic E-state index is 2.59. The number of likely N-dealkylation sites (N-methyl/N-ethyl adjacent to an activating group) is 1. The predicted molar refractivity (Wildman–Crippen MR) is 61.2 cm³/mol. The molecule has 0 amide bonds. The Morgan fingerprint density at radius 2 is 1.93 bits per heavy atom. The minimum absolute atomic E-state index is 0.957. The van der Waals surface area contributed by atoms with E-state index in [4.69, 9.17) is 0 Å². The SMILES string of the molecule is C[NH+]1CC[NH+](CC[C@@H]2CCCC[NH2+]2)CC1. The second-order valence-corrected chi connectivity index (χ2v) is 5.53. The summed E-state index contributed by atoms with van der Waals surface area (Å²) in [6, 6.07) is 0.957. The van der Waals surface area contributed by atoms with Crippen molar-refractivity contribution in [3.8, 4) is 0 Å². The highest BCUT2D eigenvalue weighted by molar-refractivity contribution is 4.58. The van der Waals surface area contributed by atoms with E-state index in [1.807, 2.05) is 4.90 Å². The summed E-state index contributed by atoms with van der Waals surface area (Å²) < 4.78 is 0. The Morgan fingerprint density at radius 3 is 2.60 bits per heavy atom. The fraction of sp³-hybridized carbons (Fsp3) is 1.00. The average Bonchev–Trinajstić information content (AvgIpc) is 2.30. The van der Waals surface area contributed by atoms with Crippen LogP contribution in [0.5, 0.6) is 0 Å². The maximum Gasteiger partial charge on any atom is 0.127 e. The van der Waals surface area contributed by atoms with E-state index in [1.165, 1.54) is 65.0 Å². The Hall–Kier alpha value is -0.120. The fourth-order valence-corrected chi connectivity index (χ4v) is 2.95. The van der Waals surface area contributed by atoms with E-state index in [9.17, 15) is 0 Å². The topological polar surface area (TPSA) is 25.5 Å². The maximum absolute atomic E-state index is 2.59. The molecule has 2 fully saturated rings. The molecule has 0 saturated carbocycles. The minimum atomic E-state index is 0.957. The lowest BCUT2D eigenvalue weighted by atomic mass is 10.0. The molecule has 0 radical (unpaired) electrons. The van der Waals surface area contributed by atoms with Crippen molar-refractivity contribution in [1.29, 1.82) is 0 Å². The first kappa shape index (κ1) is 11.4. The largest absolute Gasteiger partial charge is 0.344 e. The van der Waals surface area contributed by atoms with Crippen molar-refractivity contribution >= 4 is 0 Å². The highest BCUT2D eigenvalue weighted by Crippen LogP contribution is 2.02. The number of nitrogens with one attached hydrogen (secondary N) is 2. The molecule has 88 valence electrons. The van der Waals surface area contributed by atoms with Gasteiger partial charge in [0.25, 0.3) is 0 Å². The monoisotopic (exact) mass is 214 g/mol. The summed E-state index contributed by atoms with van der Waals surface area (Å²) in [4.78, 5) is 3.59. The van der Waals surface area contributed by atoms with Crippen LogP contribution in [0.1, 0.15) is 25.7 Å². The van der Waals surface area contributed by atoms with E-state index in [0.717, 1.165) is 6.04 Å². The third-order valence-electron chi connectivity index (χ3n) is 4.21. The van der Waals surface area contributed by atoms with Gasteiger partial charge in [-0.2, -0.15) is 0 Å². The molecule has 0 unspecified atom stereocenters. The molecule has 15 heavy (non-hydrogen) atoms. The predicted octanol–water partition coefficient (Wildman–Crippen LogP) is -3.09. The standard InChI is InChI=1S/C12H25N3/c1-14-8-10-15(11-9-14)7-5-12-4-2-3-6-13-12/h12-13H,2-11H2,1H3/p+3/t12-/m0/s1. The van der Waals surface area contributed by atoms with Crippen LogP contribution in [-0.2, 0) is 0 Å². The van der Waals surface area contributed by atoms with Gasteiger partial charge in [-0.25, -0.2) is 0 Å². The van der Waals surface area contributed by atoms with Crippen LogP contribution < -0.4 is 15.1 Å². The summed E-state index contributed by atoms with van der Waals surface area (Å²) in [5.41, 5.74) is 0. The molecule has 1 atom stereocenters. The van der Waals surface area contributed by atoms with Crippen LogP contribution in [-0.4, -0.2) is 52.4 Å². The highest BCUT2D eigenvalue weighted by Gasteiger charge is 2.22. The van der Waals surface area contributed by atoms with Crippen molar-refractivity contribution < 1.29 is 15.1 Å². The first-order valence-corrected chi connectivity index (χ1v) is 6.83. The number of piperidine rings is 1. The van der Waals surface area contributed by atoms with Gasteiger partial charge in [0.05, 0.1) is 26.2 Å². The van der Waals surface area contributed by atoms with Gasteiger partial charge in [-0.1, -0.05) is 0 Å². The molecule has 0 bridgehead atoms. The summed E-state index contributed by atoms with van der Waals surface area (Å²) in [7, 11) is 2.33. The molecular formula is C12H28N3+3. The van der Waals surface area contributed by atoms with Gasteiger partial charge >= 0.3 is 0 Å². The van der Waals surface area contributed by atoms with Crippen LogP contribution in [0.4, 0.5) is 0 Å². The molecule has 3 heteroatoms. The average molecular weight is 214 g/mol. The van der Waals surface area contributed by atoms with Crippen molar-refractivity contribution in [1.82, 2.24) is 0 Å². The third-order valence-corrected chi connectivity index (χ3v) is 4.21. The number of quaternary nitrogens is 3. The Labute approximate surface area is 93.8 Å². The zero-order valence-corrected chi connectivity index (χ0v) is 10.2. The lowest BCUT2D eigenvalue weighted by Crippen LogP contribution is -3.27. The van der Waals surface area contributed by atoms with Gasteiger partial charge in [0.1, 0.15) is 26.2 Å². The van der Waals surface area contributed by atoms with Crippen LogP contribution in [0, 0.1) is 0 Å². The van der Waals surface area contributed by atoms with Gasteiger partial charge in [0.15, 0.2) is 0 Å². The molecule has 4 N–H and O–H groups in total. The van der Waals surface area contributed by atoms with Gasteiger partial charge in [-0.05, 0) is 19.3 Å². The summed E-state index contributed by atoms with van der Waals surface area (Å²) in [5, 5.41) is 2.59. The van der Waals surface area contributed by atoms with Crippen LogP contribution >= 0.6 is 0 Å². The minimum Gasteiger partial charge on any atom is -0.344 e. The van der Waals surface area contributed by atoms with Gasteiger partial charge in [-0.3, -0.25) is 0 Å². The van der Waals surface area contributed by atoms with E-state index < -0.39 is 0 Å². The molecule has 0 spiro atoms. The first-order valence-electron chi connectivity index (χ1n) is 6.83. The molecule has 2 heterocycles. The molecule has 3 nitrogen and oxygen atoms in total. The Kier molecular flexibility index (Phi) is 4.42. The van der Waals surface area contributed by atoms with Crippen molar-refractivity contribution in [3.05, 3.63) is 0 Å². The molecular weight excluding hydrogens is 186 g/mol. The molecule has 2 rings (SSSR count). The number of hydrogen-bond acceptors (Lipinski definition) is 0. The van der Waals surface area contributed by atoms with Gasteiger partial charge in [0.2, 0.25) is 0 Å². The van der Waals surface area contributed by atoms with Crippen LogP contribution in [0.2, 0.25) is 0 Å². The molecule has 2 saturated heterocycles. The zero-order valence-electron chi connectivity index (χ0n) is 10.2. The van der Waals surface area contributed by atoms with E-state index in [2.05, 4.69) is 12.4 Å². The van der Waals surface area contributed by atoms with E-state index >= 15 is 0 Å². The van der Waals surface area contributed by atoms with E-state index in [0.29, 0.717) is 0 Å². The van der Waals surface area contributed by atoms with E-state index in [-0.39, 0.29) is 0 Å². The Bertz CT molecular complexity index is 170. The van der Waals surface area contributed by atoms with Crippen molar-refractivity contribution in [2.24, 2.45) is 0 Å². The molecule has 2 aliphatic rings. The lowest BCUT2D eigenvalue weighted by Gasteiger charge is -2.28. The van der Waals surface area contributed by atoms with Crippen molar-refractivity contribution in [2.75, 3.05) is 46.3 Å². The second kappa shape index (κ2) is 5.83. The van der Waals surface area contributed by atoms with Crippen molar-refractivity contribution in [3.63, 3.8) is 0 Å². The molecule has 0 aliphatic carbocycles.